The van der Waals surface area contributed by atoms with Crippen molar-refractivity contribution in [3.05, 3.63) is 53.3 Å². The van der Waals surface area contributed by atoms with E-state index in [4.69, 9.17) is 5.26 Å². The van der Waals surface area contributed by atoms with Gasteiger partial charge in [-0.15, -0.1) is 0 Å². The van der Waals surface area contributed by atoms with E-state index in [0.29, 0.717) is 11.6 Å². The van der Waals surface area contributed by atoms with Crippen molar-refractivity contribution in [2.75, 3.05) is 5.32 Å². The highest BCUT2D eigenvalue weighted by Gasteiger charge is 2.35. The lowest BCUT2D eigenvalue weighted by Crippen LogP contribution is -2.44. The molecule has 0 aliphatic rings. The van der Waals surface area contributed by atoms with Crippen LogP contribution in [0.1, 0.15) is 18.1 Å². The Bertz CT molecular complexity index is 1130. The lowest BCUT2D eigenvalue weighted by atomic mass is 10.0. The number of carbonyl (C=O) groups excluding carboxylic acids is 1. The fourth-order valence-electron chi connectivity index (χ4n) is 2.57. The second kappa shape index (κ2) is 7.14. The maximum Gasteiger partial charge on any atom is 0.417 e. The lowest BCUT2D eigenvalue weighted by molar-refractivity contribution is -0.138. The monoisotopic (exact) mass is 407 g/mol. The van der Waals surface area contributed by atoms with Crippen molar-refractivity contribution in [1.82, 2.24) is 15.0 Å². The van der Waals surface area contributed by atoms with E-state index in [1.807, 2.05) is 0 Å². The molecular formula is C18H13F4N5O2. The third-order valence-corrected chi connectivity index (χ3v) is 4.03. The number of aliphatic hydroxyl groups is 1. The molecule has 0 saturated carbocycles. The smallest absolute Gasteiger partial charge is 0.378 e. The first-order chi connectivity index (χ1) is 13.5. The quantitative estimate of drug-likeness (QED) is 0.648. The van der Waals surface area contributed by atoms with Crippen molar-refractivity contribution in [2.24, 2.45) is 0 Å². The number of anilines is 1. The first-order valence-electron chi connectivity index (χ1n) is 8.15. The number of aromatic nitrogens is 3. The molecule has 0 aliphatic heterocycles. The van der Waals surface area contributed by atoms with E-state index in [-0.39, 0.29) is 11.2 Å². The number of nitriles is 1. The predicted octanol–water partition coefficient (Wildman–Crippen LogP) is 2.85. The highest BCUT2D eigenvalue weighted by atomic mass is 19.4. The van der Waals surface area contributed by atoms with Crippen LogP contribution >= 0.6 is 0 Å². The molecule has 150 valence electrons. The molecular weight excluding hydrogens is 394 g/mol. The highest BCUT2D eigenvalue weighted by Crippen LogP contribution is 2.33. The minimum atomic E-state index is -4.79. The molecule has 1 amide bonds. The van der Waals surface area contributed by atoms with Crippen LogP contribution in [0.15, 0.2) is 36.4 Å². The van der Waals surface area contributed by atoms with Crippen molar-refractivity contribution in [1.29, 1.82) is 5.26 Å². The second-order valence-electron chi connectivity index (χ2n) is 6.46. The molecule has 3 rings (SSSR count). The van der Waals surface area contributed by atoms with Gasteiger partial charge in [-0.1, -0.05) is 0 Å². The summed E-state index contributed by atoms with van der Waals surface area (Å²) in [7, 11) is 0. The summed E-state index contributed by atoms with van der Waals surface area (Å²) in [5, 5.41) is 29.4. The number of halogens is 4. The Morgan fingerprint density at radius 3 is 2.55 bits per heavy atom. The number of hydrogen-bond donors (Lipinski definition) is 2. The molecule has 0 bridgehead atoms. The number of hydrogen-bond acceptors (Lipinski definition) is 5. The molecule has 11 heteroatoms. The van der Waals surface area contributed by atoms with Crippen LogP contribution in [0.5, 0.6) is 0 Å². The van der Waals surface area contributed by atoms with Crippen LogP contribution in [0, 0.1) is 17.1 Å². The second-order valence-corrected chi connectivity index (χ2v) is 6.46. The Balaban J connectivity index is 1.81. The van der Waals surface area contributed by atoms with E-state index in [9.17, 15) is 27.5 Å². The number of amides is 1. The molecule has 0 aliphatic carbocycles. The normalized spacial score (nSPS) is 13.7. The van der Waals surface area contributed by atoms with E-state index in [2.05, 4.69) is 15.5 Å². The van der Waals surface area contributed by atoms with E-state index < -0.39 is 41.2 Å². The Hall–Kier alpha value is -3.52. The minimum Gasteiger partial charge on any atom is -0.378 e. The molecule has 1 heterocycles. The van der Waals surface area contributed by atoms with Crippen molar-refractivity contribution >= 4 is 22.6 Å². The summed E-state index contributed by atoms with van der Waals surface area (Å²) in [6, 6.07) is 7.75. The predicted molar refractivity (Wildman–Crippen MR) is 92.9 cm³/mol. The van der Waals surface area contributed by atoms with E-state index in [1.54, 1.807) is 0 Å². The summed E-state index contributed by atoms with van der Waals surface area (Å²) in [4.78, 5) is 13.4. The van der Waals surface area contributed by atoms with Gasteiger partial charge in [-0.05, 0) is 37.3 Å². The third kappa shape index (κ3) is 4.33. The zero-order valence-corrected chi connectivity index (χ0v) is 14.8. The molecule has 2 N–H and O–H groups in total. The Morgan fingerprint density at radius 1 is 1.21 bits per heavy atom. The molecule has 7 nitrogen and oxygen atoms in total. The Kier molecular flexibility index (Phi) is 4.98. The fraction of sp³-hybridized carbons (Fsp3) is 0.222. The van der Waals surface area contributed by atoms with Gasteiger partial charge in [0.25, 0.3) is 5.91 Å². The number of nitrogens with one attached hydrogen (secondary N) is 1. The molecule has 3 aromatic rings. The van der Waals surface area contributed by atoms with Crippen LogP contribution in [-0.4, -0.2) is 31.6 Å². The van der Waals surface area contributed by atoms with Crippen LogP contribution in [0.3, 0.4) is 0 Å². The summed E-state index contributed by atoms with van der Waals surface area (Å²) in [5.74, 6) is -1.54. The number of alkyl halides is 3. The van der Waals surface area contributed by atoms with Gasteiger partial charge in [0.1, 0.15) is 16.9 Å². The largest absolute Gasteiger partial charge is 0.417 e. The topological polar surface area (TPSA) is 104 Å². The molecule has 0 fully saturated rings. The van der Waals surface area contributed by atoms with Gasteiger partial charge >= 0.3 is 6.18 Å². The molecule has 0 saturated heterocycles. The molecule has 0 unspecified atom stereocenters. The number of carbonyl (C=O) groups is 1. The SMILES string of the molecule is C[C@](O)(Cn1nc2ccc(F)cc2n1)C(=O)Nc1ccc(C#N)c(C(F)(F)F)c1. The molecule has 2 aromatic carbocycles. The number of rotatable bonds is 4. The van der Waals surface area contributed by atoms with Gasteiger partial charge < -0.3 is 10.4 Å². The maximum atomic E-state index is 13.2. The van der Waals surface area contributed by atoms with Crippen LogP contribution in [0.2, 0.25) is 0 Å². The van der Waals surface area contributed by atoms with E-state index >= 15 is 0 Å². The summed E-state index contributed by atoms with van der Waals surface area (Å²) in [6.07, 6.45) is -4.79. The molecule has 1 aromatic heterocycles. The van der Waals surface area contributed by atoms with Gasteiger partial charge in [-0.2, -0.15) is 33.4 Å². The lowest BCUT2D eigenvalue weighted by Gasteiger charge is -2.22. The maximum absolute atomic E-state index is 13.2. The van der Waals surface area contributed by atoms with E-state index in [0.717, 1.165) is 29.9 Å². The number of fused-ring (bicyclic) bond motifs is 1. The molecule has 0 radical (unpaired) electrons. The Morgan fingerprint density at radius 2 is 1.90 bits per heavy atom. The summed E-state index contributed by atoms with van der Waals surface area (Å²) in [5.41, 5.74) is -3.60. The van der Waals surface area contributed by atoms with Crippen molar-refractivity contribution in [3.8, 4) is 6.07 Å². The number of benzene rings is 2. The van der Waals surface area contributed by atoms with Gasteiger partial charge in [-0.25, -0.2) is 4.39 Å². The zero-order valence-electron chi connectivity index (χ0n) is 14.8. The standard InChI is InChI=1S/C18H13F4N5O2/c1-17(29,9-27-25-14-5-3-11(19)6-15(14)26-27)16(28)24-12-4-2-10(8-23)13(7-12)18(20,21)22/h2-7,29H,9H2,1H3,(H,24,28)/t17-/m0/s1. The molecule has 1 atom stereocenters. The van der Waals surface area contributed by atoms with Crippen LogP contribution in [-0.2, 0) is 17.5 Å². The molecule has 0 spiro atoms. The minimum absolute atomic E-state index is 0.211. The van der Waals surface area contributed by atoms with E-state index in [1.165, 1.54) is 18.2 Å². The van der Waals surface area contributed by atoms with Crippen LogP contribution < -0.4 is 5.32 Å². The summed E-state index contributed by atoms with van der Waals surface area (Å²) >= 11 is 0. The highest BCUT2D eigenvalue weighted by molar-refractivity contribution is 5.96. The van der Waals surface area contributed by atoms with Gasteiger partial charge in [0.05, 0.1) is 23.7 Å². The first kappa shape index (κ1) is 20.2. The zero-order chi connectivity index (χ0) is 21.4. The first-order valence-corrected chi connectivity index (χ1v) is 8.15. The van der Waals surface area contributed by atoms with Gasteiger partial charge in [-0.3, -0.25) is 4.79 Å². The van der Waals surface area contributed by atoms with Crippen LogP contribution in [0.4, 0.5) is 23.2 Å². The average Bonchev–Trinajstić information content (AvgIpc) is 3.01. The van der Waals surface area contributed by atoms with Gasteiger partial charge in [0.15, 0.2) is 5.60 Å². The van der Waals surface area contributed by atoms with Crippen LogP contribution in [0.25, 0.3) is 11.0 Å². The van der Waals surface area contributed by atoms with Crippen molar-refractivity contribution < 1.29 is 27.5 Å². The number of nitrogens with zero attached hydrogens (tertiary/aromatic N) is 4. The van der Waals surface area contributed by atoms with Gasteiger partial charge in [0, 0.05) is 11.8 Å². The van der Waals surface area contributed by atoms with Crippen molar-refractivity contribution in [3.63, 3.8) is 0 Å². The summed E-state index contributed by atoms with van der Waals surface area (Å²) in [6.45, 7) is 0.697. The van der Waals surface area contributed by atoms with Gasteiger partial charge in [0.2, 0.25) is 0 Å². The van der Waals surface area contributed by atoms with Crippen molar-refractivity contribution in [2.45, 2.75) is 25.2 Å². The Labute approximate surface area is 161 Å². The molecule has 29 heavy (non-hydrogen) atoms. The third-order valence-electron chi connectivity index (χ3n) is 4.03. The average molecular weight is 407 g/mol. The fourth-order valence-corrected chi connectivity index (χ4v) is 2.57. The summed E-state index contributed by atoms with van der Waals surface area (Å²) < 4.78 is 52.4.